The van der Waals surface area contributed by atoms with Crippen LogP contribution in [-0.2, 0) is 23.8 Å². The number of carbonyl (C=O) groups is 2. The Bertz CT molecular complexity index is 473. The van der Waals surface area contributed by atoms with Crippen molar-refractivity contribution in [1.29, 1.82) is 0 Å². The van der Waals surface area contributed by atoms with E-state index in [4.69, 9.17) is 14.2 Å². The van der Waals surface area contributed by atoms with Crippen molar-refractivity contribution in [2.75, 3.05) is 6.61 Å². The zero-order valence-corrected chi connectivity index (χ0v) is 12.7. The topological polar surface area (TPSA) is 61.8 Å². The zero-order chi connectivity index (χ0) is 15.2. The first-order valence-corrected chi connectivity index (χ1v) is 6.96. The first-order chi connectivity index (χ1) is 9.13. The normalized spacial score (nSPS) is 32.9. The molecule has 0 aromatic rings. The lowest BCUT2D eigenvalue weighted by Crippen LogP contribution is -2.56. The molecule has 0 N–H and O–H groups in total. The number of esters is 1. The highest BCUT2D eigenvalue weighted by molar-refractivity contribution is 6.11. The van der Waals surface area contributed by atoms with Crippen molar-refractivity contribution in [3.05, 3.63) is 11.8 Å². The van der Waals surface area contributed by atoms with Crippen LogP contribution in [0.1, 0.15) is 47.5 Å². The summed E-state index contributed by atoms with van der Waals surface area (Å²) >= 11 is 0. The maximum atomic E-state index is 12.5. The molecule has 0 unspecified atom stereocenters. The molecule has 0 aromatic carbocycles. The molecule has 2 bridgehead atoms. The van der Waals surface area contributed by atoms with Gasteiger partial charge in [0.1, 0.15) is 11.4 Å². The quantitative estimate of drug-likeness (QED) is 0.586. The third-order valence-electron chi connectivity index (χ3n) is 3.40. The molecule has 1 saturated heterocycles. The predicted octanol–water partition coefficient (Wildman–Crippen LogP) is 2.14. The van der Waals surface area contributed by atoms with Gasteiger partial charge >= 0.3 is 5.97 Å². The second-order valence-corrected chi connectivity index (χ2v) is 6.46. The highest BCUT2D eigenvalue weighted by atomic mass is 16.6. The summed E-state index contributed by atoms with van der Waals surface area (Å²) in [7, 11) is 0. The molecule has 20 heavy (non-hydrogen) atoms. The fourth-order valence-electron chi connectivity index (χ4n) is 2.57. The molecule has 2 atom stereocenters. The molecule has 112 valence electrons. The molecule has 2 rings (SSSR count). The van der Waals surface area contributed by atoms with Crippen molar-refractivity contribution in [1.82, 2.24) is 0 Å². The standard InChI is InChI=1S/C15H22O5/c1-6-18-11-9-14(5)8-7-10(16)15(11,20-14)12(17)19-13(2,3)4/h9H,6-8H2,1-5H3/t14-,15+/m1/s1. The molecule has 0 spiro atoms. The van der Waals surface area contributed by atoms with Crippen LogP contribution in [0.5, 0.6) is 0 Å². The summed E-state index contributed by atoms with van der Waals surface area (Å²) in [4.78, 5) is 24.9. The highest BCUT2D eigenvalue weighted by Gasteiger charge is 2.64. The Kier molecular flexibility index (Phi) is 3.45. The number of carbonyl (C=O) groups excluding carboxylic acids is 2. The molecule has 0 radical (unpaired) electrons. The first kappa shape index (κ1) is 15.0. The summed E-state index contributed by atoms with van der Waals surface area (Å²) in [6, 6.07) is 0. The first-order valence-electron chi connectivity index (χ1n) is 6.96. The summed E-state index contributed by atoms with van der Waals surface area (Å²) in [5.74, 6) is -0.696. The average molecular weight is 282 g/mol. The SMILES string of the molecule is CCOC1=C[C@@]2(C)CCC(=O)[C@]1(C(=O)OC(C)(C)C)O2. The Morgan fingerprint density at radius 1 is 1.45 bits per heavy atom. The largest absolute Gasteiger partial charge is 0.494 e. The van der Waals surface area contributed by atoms with Gasteiger partial charge in [0, 0.05) is 6.42 Å². The van der Waals surface area contributed by atoms with E-state index in [1.54, 1.807) is 33.8 Å². The van der Waals surface area contributed by atoms with E-state index in [0.29, 0.717) is 13.0 Å². The summed E-state index contributed by atoms with van der Waals surface area (Å²) < 4.78 is 16.7. The Balaban J connectivity index is 2.41. The van der Waals surface area contributed by atoms with E-state index in [9.17, 15) is 9.59 Å². The van der Waals surface area contributed by atoms with Crippen LogP contribution >= 0.6 is 0 Å². The van der Waals surface area contributed by atoms with E-state index >= 15 is 0 Å². The molecular weight excluding hydrogens is 260 g/mol. The zero-order valence-electron chi connectivity index (χ0n) is 12.7. The summed E-state index contributed by atoms with van der Waals surface area (Å²) in [5, 5.41) is 0. The van der Waals surface area contributed by atoms with Crippen LogP contribution in [-0.4, -0.2) is 35.2 Å². The number of rotatable bonds is 3. The lowest BCUT2D eigenvalue weighted by Gasteiger charge is -2.37. The van der Waals surface area contributed by atoms with Gasteiger partial charge in [-0.1, -0.05) is 0 Å². The fraction of sp³-hybridized carbons (Fsp3) is 0.733. The Morgan fingerprint density at radius 3 is 2.65 bits per heavy atom. The average Bonchev–Trinajstić information content (AvgIpc) is 2.54. The van der Waals surface area contributed by atoms with Gasteiger partial charge in [-0.15, -0.1) is 0 Å². The molecule has 2 heterocycles. The Hall–Kier alpha value is -1.36. The Morgan fingerprint density at radius 2 is 2.10 bits per heavy atom. The van der Waals surface area contributed by atoms with Gasteiger partial charge in [-0.2, -0.15) is 0 Å². The molecule has 5 heteroatoms. The monoisotopic (exact) mass is 282 g/mol. The molecule has 2 aliphatic rings. The number of hydrogen-bond donors (Lipinski definition) is 0. The van der Waals surface area contributed by atoms with Crippen LogP contribution in [0.15, 0.2) is 11.8 Å². The molecule has 5 nitrogen and oxygen atoms in total. The van der Waals surface area contributed by atoms with Crippen molar-refractivity contribution in [3.63, 3.8) is 0 Å². The third kappa shape index (κ3) is 2.35. The number of fused-ring (bicyclic) bond motifs is 2. The minimum absolute atomic E-state index is 0.277. The fourth-order valence-corrected chi connectivity index (χ4v) is 2.57. The van der Waals surface area contributed by atoms with Crippen molar-refractivity contribution in [2.24, 2.45) is 0 Å². The lowest BCUT2D eigenvalue weighted by atomic mass is 9.90. The van der Waals surface area contributed by atoms with Crippen molar-refractivity contribution in [3.8, 4) is 0 Å². The second kappa shape index (κ2) is 4.58. The lowest BCUT2D eigenvalue weighted by molar-refractivity contribution is -0.198. The van der Waals surface area contributed by atoms with Gasteiger partial charge < -0.3 is 14.2 Å². The van der Waals surface area contributed by atoms with E-state index in [2.05, 4.69) is 0 Å². The van der Waals surface area contributed by atoms with Gasteiger partial charge in [0.2, 0.25) is 0 Å². The molecule has 1 fully saturated rings. The maximum absolute atomic E-state index is 12.5. The molecule has 0 amide bonds. The van der Waals surface area contributed by atoms with Gasteiger partial charge in [0.05, 0.1) is 12.2 Å². The number of ketones is 1. The van der Waals surface area contributed by atoms with Crippen LogP contribution in [0.25, 0.3) is 0 Å². The number of hydrogen-bond acceptors (Lipinski definition) is 5. The van der Waals surface area contributed by atoms with Gasteiger partial charge in [-0.05, 0) is 47.1 Å². The van der Waals surface area contributed by atoms with E-state index < -0.39 is 22.8 Å². The van der Waals surface area contributed by atoms with Gasteiger partial charge in [-0.25, -0.2) is 4.79 Å². The van der Waals surface area contributed by atoms with Crippen LogP contribution in [0.3, 0.4) is 0 Å². The van der Waals surface area contributed by atoms with Crippen molar-refractivity contribution < 1.29 is 23.8 Å². The van der Waals surface area contributed by atoms with Gasteiger partial charge in [-0.3, -0.25) is 4.79 Å². The predicted molar refractivity (Wildman–Crippen MR) is 72.0 cm³/mol. The maximum Gasteiger partial charge on any atom is 0.354 e. The van der Waals surface area contributed by atoms with Crippen molar-refractivity contribution in [2.45, 2.75) is 64.3 Å². The van der Waals surface area contributed by atoms with Crippen LogP contribution in [0.4, 0.5) is 0 Å². The highest BCUT2D eigenvalue weighted by Crippen LogP contribution is 2.46. The second-order valence-electron chi connectivity index (χ2n) is 6.46. The van der Waals surface area contributed by atoms with Crippen LogP contribution in [0, 0.1) is 0 Å². The number of ether oxygens (including phenoxy) is 3. The minimum atomic E-state index is -1.71. The van der Waals surface area contributed by atoms with Crippen LogP contribution < -0.4 is 0 Å². The smallest absolute Gasteiger partial charge is 0.354 e. The summed E-state index contributed by atoms with van der Waals surface area (Å²) in [6.45, 7) is 9.29. The van der Waals surface area contributed by atoms with Gasteiger partial charge in [0.25, 0.3) is 5.60 Å². The van der Waals surface area contributed by atoms with E-state index in [-0.39, 0.29) is 18.0 Å². The summed E-state index contributed by atoms with van der Waals surface area (Å²) in [6.07, 6.45) is 2.57. The van der Waals surface area contributed by atoms with Crippen LogP contribution in [0.2, 0.25) is 0 Å². The molecule has 0 aliphatic carbocycles. The van der Waals surface area contributed by atoms with E-state index in [1.807, 2.05) is 6.92 Å². The Labute approximate surface area is 119 Å². The molecule has 0 saturated carbocycles. The van der Waals surface area contributed by atoms with E-state index in [0.717, 1.165) is 0 Å². The third-order valence-corrected chi connectivity index (χ3v) is 3.40. The molecular formula is C15H22O5. The molecule has 0 aromatic heterocycles. The minimum Gasteiger partial charge on any atom is -0.494 e. The van der Waals surface area contributed by atoms with Crippen molar-refractivity contribution >= 4 is 11.8 Å². The van der Waals surface area contributed by atoms with Gasteiger partial charge in [0.15, 0.2) is 5.78 Å². The number of Topliss-reactive ketones (excluding diaryl/α,β-unsaturated/α-hetero) is 1. The molecule has 2 aliphatic heterocycles. The van der Waals surface area contributed by atoms with E-state index in [1.165, 1.54) is 0 Å². The summed E-state index contributed by atoms with van der Waals surface area (Å²) in [5.41, 5.74) is -3.05.